The summed E-state index contributed by atoms with van der Waals surface area (Å²) in [7, 11) is 4.32. The van der Waals surface area contributed by atoms with E-state index in [-0.39, 0.29) is 24.2 Å². The molecule has 0 saturated carbocycles. The number of aromatic nitrogens is 1. The monoisotopic (exact) mass is 378 g/mol. The van der Waals surface area contributed by atoms with Crippen LogP contribution in [0.2, 0.25) is 0 Å². The third-order valence-corrected chi connectivity index (χ3v) is 4.61. The minimum absolute atomic E-state index is 0.0948. The van der Waals surface area contributed by atoms with E-state index in [2.05, 4.69) is 9.72 Å². The van der Waals surface area contributed by atoms with E-state index in [1.54, 1.807) is 28.5 Å². The topological polar surface area (TPSA) is 78.0 Å². The van der Waals surface area contributed by atoms with Crippen LogP contribution in [0, 0.1) is 0 Å². The van der Waals surface area contributed by atoms with Crippen molar-refractivity contribution in [3.8, 4) is 11.5 Å². The normalized spacial score (nSPS) is 10.5. The second-order valence-corrected chi connectivity index (χ2v) is 6.63. The number of rotatable bonds is 7. The average molecular weight is 378 g/mol. The number of methoxy groups -OCH3 is 3. The molecule has 0 radical (unpaired) electrons. The van der Waals surface area contributed by atoms with Crippen molar-refractivity contribution in [2.24, 2.45) is 0 Å². The minimum Gasteiger partial charge on any atom is -0.496 e. The number of hydrogen-bond acceptors (Lipinski definition) is 7. The lowest BCUT2D eigenvalue weighted by Gasteiger charge is -2.27. The van der Waals surface area contributed by atoms with Crippen molar-refractivity contribution in [2.45, 2.75) is 26.4 Å². The van der Waals surface area contributed by atoms with Gasteiger partial charge in [-0.1, -0.05) is 6.07 Å². The fourth-order valence-electron chi connectivity index (χ4n) is 2.42. The predicted octanol–water partition coefficient (Wildman–Crippen LogP) is 3.00. The fraction of sp³-hybridized carbons (Fsp3) is 0.389. The Kier molecular flexibility index (Phi) is 6.57. The molecule has 140 valence electrons. The maximum atomic E-state index is 13.2. The highest BCUT2D eigenvalue weighted by Gasteiger charge is 2.27. The van der Waals surface area contributed by atoms with E-state index >= 15 is 0 Å². The maximum Gasteiger partial charge on any atom is 0.357 e. The number of amides is 1. The molecule has 0 fully saturated rings. The van der Waals surface area contributed by atoms with E-state index in [0.717, 1.165) is 0 Å². The molecule has 0 atom stereocenters. The van der Waals surface area contributed by atoms with Crippen molar-refractivity contribution < 1.29 is 23.8 Å². The summed E-state index contributed by atoms with van der Waals surface area (Å²) in [6, 6.07) is 5.10. The molecule has 7 nitrogen and oxygen atoms in total. The van der Waals surface area contributed by atoms with Crippen molar-refractivity contribution in [3.05, 3.63) is 39.8 Å². The van der Waals surface area contributed by atoms with Crippen LogP contribution >= 0.6 is 11.3 Å². The van der Waals surface area contributed by atoms with Crippen LogP contribution in [0.15, 0.2) is 23.6 Å². The summed E-state index contributed by atoms with van der Waals surface area (Å²) in [5.41, 5.74) is 0.592. The lowest BCUT2D eigenvalue weighted by atomic mass is 10.1. The highest BCUT2D eigenvalue weighted by Crippen LogP contribution is 2.30. The minimum atomic E-state index is -0.499. The van der Waals surface area contributed by atoms with Crippen LogP contribution in [0.1, 0.15) is 39.7 Å². The molecule has 1 heterocycles. The molecular formula is C18H22N2O5S. The third-order valence-electron chi connectivity index (χ3n) is 3.78. The zero-order chi connectivity index (χ0) is 19.3. The van der Waals surface area contributed by atoms with Gasteiger partial charge in [0, 0.05) is 11.4 Å². The number of thiazole rings is 1. The summed E-state index contributed by atoms with van der Waals surface area (Å²) >= 11 is 1.30. The molecule has 1 aromatic carbocycles. The van der Waals surface area contributed by atoms with Crippen LogP contribution in [0.25, 0.3) is 0 Å². The molecule has 0 unspecified atom stereocenters. The zero-order valence-corrected chi connectivity index (χ0v) is 16.3. The van der Waals surface area contributed by atoms with E-state index < -0.39 is 5.97 Å². The molecule has 1 amide bonds. The zero-order valence-electron chi connectivity index (χ0n) is 15.4. The highest BCUT2D eigenvalue weighted by molar-refractivity contribution is 7.09. The van der Waals surface area contributed by atoms with Crippen LogP contribution in [-0.4, -0.2) is 49.1 Å². The molecule has 0 spiro atoms. The molecule has 2 rings (SSSR count). The first-order chi connectivity index (χ1) is 12.4. The van der Waals surface area contributed by atoms with Gasteiger partial charge in [0.2, 0.25) is 0 Å². The van der Waals surface area contributed by atoms with Crippen molar-refractivity contribution >= 4 is 23.2 Å². The molecule has 2 aromatic rings. The molecule has 0 N–H and O–H groups in total. The van der Waals surface area contributed by atoms with E-state index in [4.69, 9.17) is 9.47 Å². The van der Waals surface area contributed by atoms with Crippen LogP contribution in [0.4, 0.5) is 0 Å². The van der Waals surface area contributed by atoms with Gasteiger partial charge in [0.15, 0.2) is 5.69 Å². The quantitative estimate of drug-likeness (QED) is 0.689. The van der Waals surface area contributed by atoms with Gasteiger partial charge in [-0.15, -0.1) is 11.3 Å². The summed E-state index contributed by atoms with van der Waals surface area (Å²) in [6.45, 7) is 4.09. The number of carbonyl (C=O) groups is 2. The second-order valence-electron chi connectivity index (χ2n) is 5.68. The number of esters is 1. The summed E-state index contributed by atoms with van der Waals surface area (Å²) < 4.78 is 15.3. The SMILES string of the molecule is COC(=O)c1csc(CN(C(=O)c2c(OC)cccc2OC)C(C)C)n1. The first-order valence-corrected chi connectivity index (χ1v) is 8.85. The number of carbonyl (C=O) groups excluding carboxylic acids is 2. The second kappa shape index (κ2) is 8.66. The van der Waals surface area contributed by atoms with Gasteiger partial charge in [-0.25, -0.2) is 9.78 Å². The van der Waals surface area contributed by atoms with E-state index in [1.807, 2.05) is 13.8 Å². The Morgan fingerprint density at radius 2 is 1.77 bits per heavy atom. The molecule has 26 heavy (non-hydrogen) atoms. The molecule has 0 aliphatic heterocycles. The molecule has 0 bridgehead atoms. The summed E-state index contributed by atoms with van der Waals surface area (Å²) in [4.78, 5) is 30.7. The van der Waals surface area contributed by atoms with Gasteiger partial charge < -0.3 is 19.1 Å². The van der Waals surface area contributed by atoms with Gasteiger partial charge in [0.05, 0.1) is 27.9 Å². The molecule has 1 aromatic heterocycles. The summed E-state index contributed by atoms with van der Waals surface area (Å²) in [5.74, 6) is 0.147. The smallest absolute Gasteiger partial charge is 0.357 e. The number of benzene rings is 1. The van der Waals surface area contributed by atoms with Gasteiger partial charge >= 0.3 is 5.97 Å². The van der Waals surface area contributed by atoms with Gasteiger partial charge in [-0.3, -0.25) is 4.79 Å². The Balaban J connectivity index is 2.34. The number of ether oxygens (including phenoxy) is 3. The predicted molar refractivity (Wildman–Crippen MR) is 98.0 cm³/mol. The van der Waals surface area contributed by atoms with E-state index in [1.165, 1.54) is 32.7 Å². The molecule has 0 saturated heterocycles. The molecule has 0 aliphatic rings. The molecule has 0 aliphatic carbocycles. The third kappa shape index (κ3) is 4.13. The molecule has 8 heteroatoms. The fourth-order valence-corrected chi connectivity index (χ4v) is 3.18. The standard InChI is InChI=1S/C18H22N2O5S/c1-11(2)20(9-15-19-12(10-26-15)18(22)25-5)17(21)16-13(23-3)7-6-8-14(16)24-4/h6-8,10-11H,9H2,1-5H3. The van der Waals surface area contributed by atoms with Crippen LogP contribution in [0.5, 0.6) is 11.5 Å². The van der Waals surface area contributed by atoms with Gasteiger partial charge in [-0.05, 0) is 26.0 Å². The summed E-state index contributed by atoms with van der Waals surface area (Å²) in [6.07, 6.45) is 0. The Morgan fingerprint density at radius 3 is 2.27 bits per heavy atom. The Labute approximate surface area is 156 Å². The largest absolute Gasteiger partial charge is 0.496 e. The summed E-state index contributed by atoms with van der Waals surface area (Å²) in [5, 5.41) is 2.26. The van der Waals surface area contributed by atoms with Crippen LogP contribution in [-0.2, 0) is 11.3 Å². The van der Waals surface area contributed by atoms with Crippen molar-refractivity contribution in [1.29, 1.82) is 0 Å². The van der Waals surface area contributed by atoms with Gasteiger partial charge in [-0.2, -0.15) is 0 Å². The van der Waals surface area contributed by atoms with Gasteiger partial charge in [0.1, 0.15) is 22.1 Å². The van der Waals surface area contributed by atoms with E-state index in [9.17, 15) is 9.59 Å². The first kappa shape index (κ1) is 19.7. The van der Waals surface area contributed by atoms with Crippen LogP contribution < -0.4 is 9.47 Å². The van der Waals surface area contributed by atoms with Crippen LogP contribution in [0.3, 0.4) is 0 Å². The first-order valence-electron chi connectivity index (χ1n) is 7.97. The molecular weight excluding hydrogens is 356 g/mol. The lowest BCUT2D eigenvalue weighted by Crippen LogP contribution is -2.36. The highest BCUT2D eigenvalue weighted by atomic mass is 32.1. The van der Waals surface area contributed by atoms with Crippen molar-refractivity contribution in [1.82, 2.24) is 9.88 Å². The number of nitrogens with zero attached hydrogens (tertiary/aromatic N) is 2. The van der Waals surface area contributed by atoms with E-state index in [0.29, 0.717) is 22.1 Å². The number of hydrogen-bond donors (Lipinski definition) is 0. The van der Waals surface area contributed by atoms with Gasteiger partial charge in [0.25, 0.3) is 5.91 Å². The van der Waals surface area contributed by atoms with Crippen molar-refractivity contribution in [2.75, 3.05) is 21.3 Å². The maximum absolute atomic E-state index is 13.2. The Morgan fingerprint density at radius 1 is 1.15 bits per heavy atom. The van der Waals surface area contributed by atoms with Crippen molar-refractivity contribution in [3.63, 3.8) is 0 Å². The Bertz CT molecular complexity index is 765. The Hall–Kier alpha value is -2.61. The lowest BCUT2D eigenvalue weighted by molar-refractivity contribution is 0.0594. The average Bonchev–Trinajstić information content (AvgIpc) is 3.12.